The Hall–Kier alpha value is -2.95. The van der Waals surface area contributed by atoms with E-state index < -0.39 is 5.97 Å². The Kier molecular flexibility index (Phi) is 6.25. The van der Waals surface area contributed by atoms with E-state index in [9.17, 15) is 14.4 Å². The molecule has 0 amide bonds. The molecule has 0 radical (unpaired) electrons. The Morgan fingerprint density at radius 3 is 2.50 bits per heavy atom. The molecule has 124 valence electrons. The van der Waals surface area contributed by atoms with E-state index in [1.165, 1.54) is 12.1 Å². The summed E-state index contributed by atoms with van der Waals surface area (Å²) in [6.07, 6.45) is 0.913. The van der Waals surface area contributed by atoms with Crippen molar-refractivity contribution in [1.82, 2.24) is 0 Å². The van der Waals surface area contributed by atoms with Crippen LogP contribution in [0.4, 0.5) is 0 Å². The second kappa shape index (κ2) is 8.62. The van der Waals surface area contributed by atoms with Crippen LogP contribution in [0.25, 0.3) is 0 Å². The standard InChI is InChI=1S/C19H18O5/c1-2-18(21)17-9-8-16(10-15(17)11-20)23-13-19(22)24-12-14-6-4-3-5-7-14/h3-11H,2,12-13H2,1H3. The highest BCUT2D eigenvalue weighted by Crippen LogP contribution is 2.18. The summed E-state index contributed by atoms with van der Waals surface area (Å²) in [5.74, 6) is -0.299. The summed E-state index contributed by atoms with van der Waals surface area (Å²) in [6, 6.07) is 13.8. The topological polar surface area (TPSA) is 69.7 Å². The van der Waals surface area contributed by atoms with E-state index in [-0.39, 0.29) is 24.6 Å². The fourth-order valence-electron chi connectivity index (χ4n) is 2.09. The third-order valence-corrected chi connectivity index (χ3v) is 3.37. The lowest BCUT2D eigenvalue weighted by atomic mass is 10.0. The number of carbonyl (C=O) groups excluding carboxylic acids is 3. The summed E-state index contributed by atoms with van der Waals surface area (Å²) in [7, 11) is 0. The van der Waals surface area contributed by atoms with Gasteiger partial charge in [0.15, 0.2) is 18.7 Å². The fourth-order valence-corrected chi connectivity index (χ4v) is 2.09. The molecular formula is C19H18O5. The average molecular weight is 326 g/mol. The first-order valence-corrected chi connectivity index (χ1v) is 7.58. The minimum absolute atomic E-state index is 0.120. The smallest absolute Gasteiger partial charge is 0.344 e. The number of hydrogen-bond donors (Lipinski definition) is 0. The number of aldehydes is 1. The van der Waals surface area contributed by atoms with E-state index in [1.54, 1.807) is 13.0 Å². The van der Waals surface area contributed by atoms with E-state index in [1.807, 2.05) is 30.3 Å². The molecular weight excluding hydrogens is 308 g/mol. The first-order chi connectivity index (χ1) is 11.6. The minimum Gasteiger partial charge on any atom is -0.482 e. The van der Waals surface area contributed by atoms with Gasteiger partial charge in [0.2, 0.25) is 0 Å². The summed E-state index contributed by atoms with van der Waals surface area (Å²) in [5.41, 5.74) is 1.49. The number of ether oxygens (including phenoxy) is 2. The van der Waals surface area contributed by atoms with Crippen molar-refractivity contribution in [2.45, 2.75) is 20.0 Å². The molecule has 2 aromatic rings. The second-order valence-corrected chi connectivity index (χ2v) is 5.08. The summed E-state index contributed by atoms with van der Waals surface area (Å²) >= 11 is 0. The van der Waals surface area contributed by atoms with Crippen LogP contribution in [0.5, 0.6) is 5.75 Å². The molecule has 0 aromatic heterocycles. The van der Waals surface area contributed by atoms with Crippen LogP contribution in [0.15, 0.2) is 48.5 Å². The Balaban J connectivity index is 1.90. The molecule has 0 saturated carbocycles. The number of rotatable bonds is 8. The maximum atomic E-state index is 11.7. The molecule has 0 aliphatic rings. The minimum atomic E-state index is -0.514. The Bertz CT molecular complexity index is 722. The van der Waals surface area contributed by atoms with Crippen LogP contribution in [0.1, 0.15) is 39.6 Å². The molecule has 24 heavy (non-hydrogen) atoms. The van der Waals surface area contributed by atoms with E-state index in [2.05, 4.69) is 0 Å². The van der Waals surface area contributed by atoms with Crippen LogP contribution in [0.2, 0.25) is 0 Å². The summed E-state index contributed by atoms with van der Waals surface area (Å²) in [5, 5.41) is 0. The third-order valence-electron chi connectivity index (χ3n) is 3.37. The highest BCUT2D eigenvalue weighted by Gasteiger charge is 2.11. The fraction of sp³-hybridized carbons (Fsp3) is 0.211. The van der Waals surface area contributed by atoms with Crippen LogP contribution < -0.4 is 4.74 Å². The van der Waals surface area contributed by atoms with Gasteiger partial charge in [0.1, 0.15) is 12.4 Å². The monoisotopic (exact) mass is 326 g/mol. The number of hydrogen-bond acceptors (Lipinski definition) is 5. The predicted octanol–water partition coefficient (Wildman–Crippen LogP) is 3.21. The van der Waals surface area contributed by atoms with Crippen LogP contribution in [0.3, 0.4) is 0 Å². The molecule has 0 N–H and O–H groups in total. The number of esters is 1. The van der Waals surface area contributed by atoms with Gasteiger partial charge in [-0.1, -0.05) is 37.3 Å². The van der Waals surface area contributed by atoms with Crippen molar-refractivity contribution in [2.75, 3.05) is 6.61 Å². The maximum absolute atomic E-state index is 11.7. The Morgan fingerprint density at radius 1 is 1.08 bits per heavy atom. The lowest BCUT2D eigenvalue weighted by molar-refractivity contribution is -0.147. The van der Waals surface area contributed by atoms with Gasteiger partial charge in [-0.25, -0.2) is 4.79 Å². The van der Waals surface area contributed by atoms with E-state index in [0.717, 1.165) is 5.56 Å². The molecule has 5 heteroatoms. The highest BCUT2D eigenvalue weighted by atomic mass is 16.6. The van der Waals surface area contributed by atoms with Gasteiger partial charge >= 0.3 is 5.97 Å². The van der Waals surface area contributed by atoms with Gasteiger partial charge in [-0.2, -0.15) is 0 Å². The molecule has 0 heterocycles. The van der Waals surface area contributed by atoms with Crippen molar-refractivity contribution < 1.29 is 23.9 Å². The predicted molar refractivity (Wildman–Crippen MR) is 88.2 cm³/mol. The molecule has 5 nitrogen and oxygen atoms in total. The quantitative estimate of drug-likeness (QED) is 0.423. The zero-order valence-corrected chi connectivity index (χ0v) is 13.4. The Labute approximate surface area is 140 Å². The van der Waals surface area contributed by atoms with Gasteiger partial charge in [-0.05, 0) is 23.8 Å². The molecule has 0 bridgehead atoms. The van der Waals surface area contributed by atoms with Crippen molar-refractivity contribution >= 4 is 18.0 Å². The van der Waals surface area contributed by atoms with Gasteiger partial charge < -0.3 is 9.47 Å². The van der Waals surface area contributed by atoms with Crippen LogP contribution in [0, 0.1) is 0 Å². The largest absolute Gasteiger partial charge is 0.482 e. The second-order valence-electron chi connectivity index (χ2n) is 5.08. The number of benzene rings is 2. The van der Waals surface area contributed by atoms with Gasteiger partial charge in [0.05, 0.1) is 0 Å². The normalized spacial score (nSPS) is 10.0. The number of ketones is 1. The highest BCUT2D eigenvalue weighted by molar-refractivity contribution is 6.02. The van der Waals surface area contributed by atoms with Crippen LogP contribution >= 0.6 is 0 Å². The lowest BCUT2D eigenvalue weighted by Crippen LogP contribution is -2.15. The van der Waals surface area contributed by atoms with Crippen molar-refractivity contribution in [3.63, 3.8) is 0 Å². The molecule has 0 saturated heterocycles. The lowest BCUT2D eigenvalue weighted by Gasteiger charge is -2.09. The van der Waals surface area contributed by atoms with Gasteiger partial charge in [-0.3, -0.25) is 9.59 Å². The summed E-state index contributed by atoms with van der Waals surface area (Å²) < 4.78 is 10.4. The maximum Gasteiger partial charge on any atom is 0.344 e. The summed E-state index contributed by atoms with van der Waals surface area (Å²) in [6.45, 7) is 1.63. The average Bonchev–Trinajstić information content (AvgIpc) is 2.64. The molecule has 0 unspecified atom stereocenters. The van der Waals surface area contributed by atoms with Crippen molar-refractivity contribution in [2.24, 2.45) is 0 Å². The molecule has 0 aliphatic heterocycles. The first-order valence-electron chi connectivity index (χ1n) is 7.58. The molecule has 2 aromatic carbocycles. The van der Waals surface area contributed by atoms with Crippen molar-refractivity contribution in [1.29, 1.82) is 0 Å². The third kappa shape index (κ3) is 4.78. The molecule has 0 spiro atoms. The Morgan fingerprint density at radius 2 is 1.83 bits per heavy atom. The zero-order chi connectivity index (χ0) is 17.4. The van der Waals surface area contributed by atoms with Gasteiger partial charge in [0.25, 0.3) is 0 Å². The molecule has 2 rings (SSSR count). The van der Waals surface area contributed by atoms with E-state index in [4.69, 9.17) is 9.47 Å². The van der Waals surface area contributed by atoms with E-state index >= 15 is 0 Å². The molecule has 0 fully saturated rings. The number of Topliss-reactive ketones (excluding diaryl/α,β-unsaturated/α-hetero) is 1. The van der Waals surface area contributed by atoms with Crippen LogP contribution in [-0.4, -0.2) is 24.6 Å². The van der Waals surface area contributed by atoms with Gasteiger partial charge in [-0.15, -0.1) is 0 Å². The van der Waals surface area contributed by atoms with E-state index in [0.29, 0.717) is 24.0 Å². The zero-order valence-electron chi connectivity index (χ0n) is 13.4. The van der Waals surface area contributed by atoms with Gasteiger partial charge in [0, 0.05) is 17.5 Å². The molecule has 0 aliphatic carbocycles. The van der Waals surface area contributed by atoms with Crippen molar-refractivity contribution in [3.05, 3.63) is 65.2 Å². The van der Waals surface area contributed by atoms with Crippen LogP contribution in [-0.2, 0) is 16.1 Å². The summed E-state index contributed by atoms with van der Waals surface area (Å²) in [4.78, 5) is 34.5. The molecule has 0 atom stereocenters. The first kappa shape index (κ1) is 17.4. The van der Waals surface area contributed by atoms with Crippen molar-refractivity contribution in [3.8, 4) is 5.75 Å². The number of carbonyl (C=O) groups is 3. The SMILES string of the molecule is CCC(=O)c1ccc(OCC(=O)OCc2ccccc2)cc1C=O.